The SMILES string of the molecule is COc1ccc(Nc2cc(N)nc(C3CCCCC3)n2)cc1. The highest BCUT2D eigenvalue weighted by molar-refractivity contribution is 5.59. The first kappa shape index (κ1) is 14.6. The monoisotopic (exact) mass is 298 g/mol. The Labute approximate surface area is 130 Å². The van der Waals surface area contributed by atoms with Crippen LogP contribution >= 0.6 is 0 Å². The van der Waals surface area contributed by atoms with E-state index < -0.39 is 0 Å². The van der Waals surface area contributed by atoms with Gasteiger partial charge in [0, 0.05) is 17.7 Å². The molecule has 5 nitrogen and oxygen atoms in total. The van der Waals surface area contributed by atoms with Crippen molar-refractivity contribution in [1.29, 1.82) is 0 Å². The minimum Gasteiger partial charge on any atom is -0.497 e. The third-order valence-electron chi connectivity index (χ3n) is 4.10. The van der Waals surface area contributed by atoms with Crippen LogP contribution in [0.4, 0.5) is 17.3 Å². The third kappa shape index (κ3) is 3.47. The predicted octanol–water partition coefficient (Wildman–Crippen LogP) is 3.86. The topological polar surface area (TPSA) is 73.1 Å². The van der Waals surface area contributed by atoms with Crippen LogP contribution in [0.1, 0.15) is 43.8 Å². The summed E-state index contributed by atoms with van der Waals surface area (Å²) < 4.78 is 5.16. The molecule has 1 aromatic carbocycles. The quantitative estimate of drug-likeness (QED) is 0.896. The minimum absolute atomic E-state index is 0.439. The first-order valence-electron chi connectivity index (χ1n) is 7.80. The Morgan fingerprint density at radius 3 is 2.50 bits per heavy atom. The Kier molecular flexibility index (Phi) is 4.42. The fraction of sp³-hybridized carbons (Fsp3) is 0.412. The second-order valence-corrected chi connectivity index (χ2v) is 5.72. The van der Waals surface area contributed by atoms with Gasteiger partial charge in [-0.25, -0.2) is 9.97 Å². The molecule has 1 saturated carbocycles. The average molecular weight is 298 g/mol. The summed E-state index contributed by atoms with van der Waals surface area (Å²) in [5.74, 6) is 3.41. The van der Waals surface area contributed by atoms with Gasteiger partial charge in [-0.3, -0.25) is 0 Å². The number of benzene rings is 1. The number of rotatable bonds is 4. The van der Waals surface area contributed by atoms with Crippen molar-refractivity contribution in [3.05, 3.63) is 36.2 Å². The number of aromatic nitrogens is 2. The zero-order chi connectivity index (χ0) is 15.4. The zero-order valence-corrected chi connectivity index (χ0v) is 12.9. The molecule has 1 aliphatic rings. The van der Waals surface area contributed by atoms with E-state index in [1.807, 2.05) is 24.3 Å². The molecule has 3 N–H and O–H groups in total. The van der Waals surface area contributed by atoms with Gasteiger partial charge in [0.05, 0.1) is 7.11 Å². The second-order valence-electron chi connectivity index (χ2n) is 5.72. The summed E-state index contributed by atoms with van der Waals surface area (Å²) in [5, 5.41) is 3.29. The van der Waals surface area contributed by atoms with E-state index in [4.69, 9.17) is 10.5 Å². The summed E-state index contributed by atoms with van der Waals surface area (Å²) in [4.78, 5) is 9.09. The van der Waals surface area contributed by atoms with Crippen LogP contribution in [0.15, 0.2) is 30.3 Å². The standard InChI is InChI=1S/C17H22N4O/c1-22-14-9-7-13(8-10-14)19-16-11-15(18)20-17(21-16)12-5-3-2-4-6-12/h7-12H,2-6H2,1H3,(H3,18,19,20,21). The van der Waals surface area contributed by atoms with E-state index in [2.05, 4.69) is 15.3 Å². The first-order valence-corrected chi connectivity index (χ1v) is 7.80. The van der Waals surface area contributed by atoms with Crippen molar-refractivity contribution in [2.24, 2.45) is 0 Å². The van der Waals surface area contributed by atoms with Crippen molar-refractivity contribution in [3.8, 4) is 5.75 Å². The van der Waals surface area contributed by atoms with Crippen LogP contribution in [0.25, 0.3) is 0 Å². The normalized spacial score (nSPS) is 15.5. The molecule has 0 spiro atoms. The van der Waals surface area contributed by atoms with Crippen molar-refractivity contribution >= 4 is 17.3 Å². The van der Waals surface area contributed by atoms with Gasteiger partial charge in [0.1, 0.15) is 23.2 Å². The van der Waals surface area contributed by atoms with Gasteiger partial charge >= 0.3 is 0 Å². The number of nitrogens with one attached hydrogen (secondary N) is 1. The smallest absolute Gasteiger partial charge is 0.136 e. The largest absolute Gasteiger partial charge is 0.497 e. The molecule has 0 bridgehead atoms. The first-order chi connectivity index (χ1) is 10.7. The maximum atomic E-state index is 5.95. The summed E-state index contributed by atoms with van der Waals surface area (Å²) in [6.07, 6.45) is 6.14. The fourth-order valence-electron chi connectivity index (χ4n) is 2.91. The van der Waals surface area contributed by atoms with Crippen molar-refractivity contribution in [1.82, 2.24) is 9.97 Å². The average Bonchev–Trinajstić information content (AvgIpc) is 2.56. The van der Waals surface area contributed by atoms with Gasteiger partial charge in [0.2, 0.25) is 0 Å². The van der Waals surface area contributed by atoms with E-state index in [0.29, 0.717) is 11.7 Å². The molecule has 1 fully saturated rings. The highest BCUT2D eigenvalue weighted by atomic mass is 16.5. The molecular formula is C17H22N4O. The number of methoxy groups -OCH3 is 1. The highest BCUT2D eigenvalue weighted by Gasteiger charge is 2.19. The summed E-state index contributed by atoms with van der Waals surface area (Å²) >= 11 is 0. The minimum atomic E-state index is 0.439. The number of ether oxygens (including phenoxy) is 1. The van der Waals surface area contributed by atoms with Crippen LogP contribution < -0.4 is 15.8 Å². The zero-order valence-electron chi connectivity index (χ0n) is 12.9. The molecule has 116 valence electrons. The van der Waals surface area contributed by atoms with Crippen LogP contribution in [0.3, 0.4) is 0 Å². The molecule has 22 heavy (non-hydrogen) atoms. The van der Waals surface area contributed by atoms with Crippen molar-refractivity contribution in [2.45, 2.75) is 38.0 Å². The van der Waals surface area contributed by atoms with E-state index in [9.17, 15) is 0 Å². The lowest BCUT2D eigenvalue weighted by Crippen LogP contribution is -2.11. The Bertz CT molecular complexity index is 621. The Hall–Kier alpha value is -2.30. The number of nitrogens with zero attached hydrogens (tertiary/aromatic N) is 2. The lowest BCUT2D eigenvalue weighted by molar-refractivity contribution is 0.415. The number of anilines is 3. The van der Waals surface area contributed by atoms with Crippen LogP contribution in [-0.4, -0.2) is 17.1 Å². The number of hydrogen-bond acceptors (Lipinski definition) is 5. The molecule has 0 saturated heterocycles. The van der Waals surface area contributed by atoms with Crippen molar-refractivity contribution in [2.75, 3.05) is 18.2 Å². The van der Waals surface area contributed by atoms with Gasteiger partial charge in [-0.2, -0.15) is 0 Å². The molecule has 2 aromatic rings. The number of nitrogens with two attached hydrogens (primary N) is 1. The van der Waals surface area contributed by atoms with E-state index in [-0.39, 0.29) is 0 Å². The lowest BCUT2D eigenvalue weighted by Gasteiger charge is -2.21. The van der Waals surface area contributed by atoms with Crippen molar-refractivity contribution in [3.63, 3.8) is 0 Å². The van der Waals surface area contributed by atoms with Crippen LogP contribution in [-0.2, 0) is 0 Å². The highest BCUT2D eigenvalue weighted by Crippen LogP contribution is 2.32. The maximum absolute atomic E-state index is 5.95. The van der Waals surface area contributed by atoms with Gasteiger partial charge in [0.25, 0.3) is 0 Å². The molecular weight excluding hydrogens is 276 g/mol. The molecule has 0 amide bonds. The van der Waals surface area contributed by atoms with Gasteiger partial charge in [-0.15, -0.1) is 0 Å². The Morgan fingerprint density at radius 2 is 1.82 bits per heavy atom. The summed E-state index contributed by atoms with van der Waals surface area (Å²) in [7, 11) is 1.66. The van der Waals surface area contributed by atoms with Crippen LogP contribution in [0.5, 0.6) is 5.75 Å². The molecule has 1 heterocycles. The van der Waals surface area contributed by atoms with Gasteiger partial charge in [-0.05, 0) is 37.1 Å². The van der Waals surface area contributed by atoms with E-state index in [1.54, 1.807) is 13.2 Å². The molecule has 5 heteroatoms. The lowest BCUT2D eigenvalue weighted by atomic mass is 9.89. The molecule has 0 aliphatic heterocycles. The Balaban J connectivity index is 1.79. The molecule has 3 rings (SSSR count). The summed E-state index contributed by atoms with van der Waals surface area (Å²) in [6.45, 7) is 0. The third-order valence-corrected chi connectivity index (χ3v) is 4.10. The van der Waals surface area contributed by atoms with Gasteiger partial charge < -0.3 is 15.8 Å². The van der Waals surface area contributed by atoms with E-state index in [1.165, 1.54) is 19.3 Å². The van der Waals surface area contributed by atoms with E-state index >= 15 is 0 Å². The second kappa shape index (κ2) is 6.64. The van der Waals surface area contributed by atoms with Crippen molar-refractivity contribution < 1.29 is 4.74 Å². The van der Waals surface area contributed by atoms with Gasteiger partial charge in [-0.1, -0.05) is 19.3 Å². The molecule has 0 radical (unpaired) electrons. The Morgan fingerprint density at radius 1 is 1.09 bits per heavy atom. The fourth-order valence-corrected chi connectivity index (χ4v) is 2.91. The number of hydrogen-bond donors (Lipinski definition) is 2. The molecule has 0 unspecified atom stereocenters. The summed E-state index contributed by atoms with van der Waals surface area (Å²) in [5.41, 5.74) is 6.91. The maximum Gasteiger partial charge on any atom is 0.136 e. The van der Waals surface area contributed by atoms with Crippen LogP contribution in [0, 0.1) is 0 Å². The molecule has 1 aromatic heterocycles. The number of nitrogen functional groups attached to an aromatic ring is 1. The van der Waals surface area contributed by atoms with Gasteiger partial charge in [0.15, 0.2) is 0 Å². The molecule has 1 aliphatic carbocycles. The summed E-state index contributed by atoms with van der Waals surface area (Å²) in [6, 6.07) is 9.51. The molecule has 0 atom stereocenters. The van der Waals surface area contributed by atoms with E-state index in [0.717, 1.165) is 35.9 Å². The van der Waals surface area contributed by atoms with Crippen LogP contribution in [0.2, 0.25) is 0 Å². The predicted molar refractivity (Wildman–Crippen MR) is 88.5 cm³/mol.